The van der Waals surface area contributed by atoms with Crippen molar-refractivity contribution in [2.75, 3.05) is 6.61 Å². The number of aromatic amines is 1. The van der Waals surface area contributed by atoms with Crippen molar-refractivity contribution in [3.63, 3.8) is 0 Å². The molecule has 0 saturated carbocycles. The molecule has 0 fully saturated rings. The fourth-order valence-electron chi connectivity index (χ4n) is 1.84. The molecule has 6 heteroatoms. The van der Waals surface area contributed by atoms with Gasteiger partial charge in [0, 0.05) is 12.0 Å². The van der Waals surface area contributed by atoms with Gasteiger partial charge in [0.25, 0.3) is 0 Å². The van der Waals surface area contributed by atoms with Crippen LogP contribution in [0.1, 0.15) is 38.1 Å². The largest absolute Gasteiger partial charge is 0.493 e. The lowest BCUT2D eigenvalue weighted by molar-refractivity contribution is 0.309. The molecule has 0 unspecified atom stereocenters. The molecule has 0 spiro atoms. The number of nitrogens with zero attached hydrogens (tertiary/aromatic N) is 3. The van der Waals surface area contributed by atoms with Crippen molar-refractivity contribution in [1.82, 2.24) is 14.9 Å². The smallest absolute Gasteiger partial charge is 0.216 e. The van der Waals surface area contributed by atoms with Crippen LogP contribution in [0.15, 0.2) is 29.4 Å². The molecule has 112 valence electrons. The van der Waals surface area contributed by atoms with Crippen LogP contribution in [0.3, 0.4) is 0 Å². The number of aryl methyl sites for hydroxylation is 1. The molecule has 2 rings (SSSR count). The quantitative estimate of drug-likeness (QED) is 0.483. The first-order valence-electron chi connectivity index (χ1n) is 7.18. The highest BCUT2D eigenvalue weighted by Gasteiger charge is 2.03. The topological polar surface area (TPSA) is 55.2 Å². The maximum atomic E-state index is 5.78. The van der Waals surface area contributed by atoms with Gasteiger partial charge in [0.2, 0.25) is 4.77 Å². The van der Waals surface area contributed by atoms with Crippen LogP contribution in [0.4, 0.5) is 0 Å². The van der Waals surface area contributed by atoms with Crippen LogP contribution >= 0.6 is 12.2 Å². The molecule has 0 radical (unpaired) electrons. The monoisotopic (exact) mass is 304 g/mol. The Kier molecular flexibility index (Phi) is 5.68. The zero-order valence-corrected chi connectivity index (χ0v) is 13.2. The van der Waals surface area contributed by atoms with Gasteiger partial charge in [-0.2, -0.15) is 14.9 Å². The Morgan fingerprint density at radius 2 is 2.19 bits per heavy atom. The lowest BCUT2D eigenvalue weighted by Gasteiger charge is -2.08. The van der Waals surface area contributed by atoms with Gasteiger partial charge in [0.15, 0.2) is 5.82 Å². The van der Waals surface area contributed by atoms with Crippen LogP contribution in [0.5, 0.6) is 5.75 Å². The van der Waals surface area contributed by atoms with E-state index in [0.29, 0.717) is 11.4 Å². The third-order valence-electron chi connectivity index (χ3n) is 3.02. The third-order valence-corrected chi connectivity index (χ3v) is 3.28. The van der Waals surface area contributed by atoms with E-state index in [-0.39, 0.29) is 0 Å². The molecule has 0 aliphatic rings. The Balaban J connectivity index is 2.20. The molecule has 2 aromatic rings. The van der Waals surface area contributed by atoms with Gasteiger partial charge in [-0.25, -0.2) is 0 Å². The summed E-state index contributed by atoms with van der Waals surface area (Å²) in [4.78, 5) is 0. The number of para-hydroxylation sites is 1. The van der Waals surface area contributed by atoms with E-state index in [1.807, 2.05) is 31.2 Å². The first-order chi connectivity index (χ1) is 10.3. The Morgan fingerprint density at radius 1 is 1.38 bits per heavy atom. The van der Waals surface area contributed by atoms with Gasteiger partial charge in [0.05, 0.1) is 12.8 Å². The molecule has 21 heavy (non-hydrogen) atoms. The van der Waals surface area contributed by atoms with Gasteiger partial charge in [-0.15, -0.1) is 0 Å². The number of rotatable bonds is 7. The van der Waals surface area contributed by atoms with E-state index < -0.39 is 0 Å². The molecule has 0 atom stereocenters. The average Bonchev–Trinajstić information content (AvgIpc) is 2.87. The van der Waals surface area contributed by atoms with Crippen LogP contribution in [0.25, 0.3) is 0 Å². The second-order valence-corrected chi connectivity index (χ2v) is 4.98. The van der Waals surface area contributed by atoms with Gasteiger partial charge < -0.3 is 4.74 Å². The molecule has 1 heterocycles. The minimum absolute atomic E-state index is 0.493. The molecule has 0 bridgehead atoms. The molecule has 1 aromatic heterocycles. The summed E-state index contributed by atoms with van der Waals surface area (Å²) in [6, 6.07) is 7.84. The van der Waals surface area contributed by atoms with E-state index in [1.54, 1.807) is 10.9 Å². The molecular formula is C15H20N4OS. The van der Waals surface area contributed by atoms with Crippen LogP contribution in [-0.2, 0) is 6.42 Å². The van der Waals surface area contributed by atoms with E-state index in [4.69, 9.17) is 17.0 Å². The number of H-pyrrole nitrogens is 1. The van der Waals surface area contributed by atoms with Crippen LogP contribution in [-0.4, -0.2) is 27.7 Å². The zero-order chi connectivity index (χ0) is 15.1. The van der Waals surface area contributed by atoms with Gasteiger partial charge in [0.1, 0.15) is 5.75 Å². The first-order valence-corrected chi connectivity index (χ1v) is 7.59. The van der Waals surface area contributed by atoms with Gasteiger partial charge in [-0.1, -0.05) is 32.4 Å². The van der Waals surface area contributed by atoms with Crippen LogP contribution < -0.4 is 4.74 Å². The van der Waals surface area contributed by atoms with E-state index in [1.165, 1.54) is 0 Å². The molecule has 5 nitrogen and oxygen atoms in total. The van der Waals surface area contributed by atoms with Crippen molar-refractivity contribution in [2.24, 2.45) is 5.10 Å². The fourth-order valence-corrected chi connectivity index (χ4v) is 2.04. The van der Waals surface area contributed by atoms with E-state index in [9.17, 15) is 0 Å². The summed E-state index contributed by atoms with van der Waals surface area (Å²) >= 11 is 5.17. The predicted molar refractivity (Wildman–Crippen MR) is 86.6 cm³/mol. The van der Waals surface area contributed by atoms with Crippen molar-refractivity contribution >= 4 is 18.4 Å². The summed E-state index contributed by atoms with van der Waals surface area (Å²) in [6.07, 6.45) is 4.67. The number of nitrogens with one attached hydrogen (secondary N) is 1. The zero-order valence-electron chi connectivity index (χ0n) is 12.4. The molecule has 1 aromatic carbocycles. The second-order valence-electron chi connectivity index (χ2n) is 4.59. The molecule has 1 N–H and O–H groups in total. The Labute approximate surface area is 129 Å². The van der Waals surface area contributed by atoms with E-state index in [2.05, 4.69) is 22.2 Å². The summed E-state index contributed by atoms with van der Waals surface area (Å²) in [5.41, 5.74) is 0.929. The number of ether oxygens (including phenoxy) is 1. The maximum Gasteiger partial charge on any atom is 0.216 e. The number of hydrogen-bond donors (Lipinski definition) is 1. The minimum Gasteiger partial charge on any atom is -0.493 e. The van der Waals surface area contributed by atoms with Crippen molar-refractivity contribution in [3.8, 4) is 5.75 Å². The lowest BCUT2D eigenvalue weighted by atomic mass is 10.2. The second kappa shape index (κ2) is 7.73. The van der Waals surface area contributed by atoms with Crippen LogP contribution in [0, 0.1) is 4.77 Å². The van der Waals surface area contributed by atoms with Crippen molar-refractivity contribution in [2.45, 2.75) is 33.1 Å². The van der Waals surface area contributed by atoms with Gasteiger partial charge >= 0.3 is 0 Å². The Morgan fingerprint density at radius 3 is 2.95 bits per heavy atom. The number of benzene rings is 1. The summed E-state index contributed by atoms with van der Waals surface area (Å²) < 4.78 is 7.91. The minimum atomic E-state index is 0.493. The van der Waals surface area contributed by atoms with Gasteiger partial charge in [-0.05, 0) is 30.8 Å². The number of hydrogen-bond acceptors (Lipinski definition) is 4. The number of aromatic nitrogens is 3. The average molecular weight is 304 g/mol. The highest BCUT2D eigenvalue weighted by Crippen LogP contribution is 2.16. The predicted octanol–water partition coefficient (Wildman–Crippen LogP) is 3.56. The SMILES string of the molecule is CCCCOc1ccccc1/C=N\n1c(CC)n[nH]c1=S. The summed E-state index contributed by atoms with van der Waals surface area (Å²) in [5.74, 6) is 1.64. The molecule has 0 saturated heterocycles. The number of unbranched alkanes of at least 4 members (excludes halogenated alkanes) is 1. The van der Waals surface area contributed by atoms with Crippen molar-refractivity contribution in [1.29, 1.82) is 0 Å². The van der Waals surface area contributed by atoms with Gasteiger partial charge in [-0.3, -0.25) is 5.10 Å². The van der Waals surface area contributed by atoms with E-state index >= 15 is 0 Å². The normalized spacial score (nSPS) is 11.1. The Hall–Kier alpha value is -1.95. The van der Waals surface area contributed by atoms with E-state index in [0.717, 1.165) is 36.4 Å². The third kappa shape index (κ3) is 4.01. The fraction of sp³-hybridized carbons (Fsp3) is 0.400. The molecular weight excluding hydrogens is 284 g/mol. The van der Waals surface area contributed by atoms with Crippen LogP contribution in [0.2, 0.25) is 0 Å². The summed E-state index contributed by atoms with van der Waals surface area (Å²) in [7, 11) is 0. The standard InChI is InChI=1S/C15H20N4OS/c1-3-5-10-20-13-9-7-6-8-12(13)11-16-19-14(4-2)17-18-15(19)21/h6-9,11H,3-5,10H2,1-2H3,(H,18,21)/b16-11-. The highest BCUT2D eigenvalue weighted by molar-refractivity contribution is 7.71. The molecule has 0 aliphatic heterocycles. The highest BCUT2D eigenvalue weighted by atomic mass is 32.1. The maximum absolute atomic E-state index is 5.78. The lowest BCUT2D eigenvalue weighted by Crippen LogP contribution is -2.01. The molecule has 0 aliphatic carbocycles. The Bertz CT molecular complexity index is 660. The first kappa shape index (κ1) is 15.4. The van der Waals surface area contributed by atoms with Crippen molar-refractivity contribution in [3.05, 3.63) is 40.4 Å². The van der Waals surface area contributed by atoms with Crippen molar-refractivity contribution < 1.29 is 4.74 Å². The summed E-state index contributed by atoms with van der Waals surface area (Å²) in [5, 5.41) is 11.3. The molecule has 0 amide bonds. The summed E-state index contributed by atoms with van der Waals surface area (Å²) in [6.45, 7) is 4.87.